The first-order chi connectivity index (χ1) is 14.2. The Labute approximate surface area is 171 Å². The van der Waals surface area contributed by atoms with Crippen molar-refractivity contribution in [2.75, 3.05) is 20.8 Å². The highest BCUT2D eigenvalue weighted by Crippen LogP contribution is 2.32. The number of amides is 1. The van der Waals surface area contributed by atoms with E-state index >= 15 is 0 Å². The Morgan fingerprint density at radius 1 is 0.862 bits per heavy atom. The molecule has 0 unspecified atom stereocenters. The van der Waals surface area contributed by atoms with Crippen LogP contribution in [-0.2, 0) is 6.42 Å². The van der Waals surface area contributed by atoms with Crippen LogP contribution < -0.4 is 14.8 Å². The molecule has 1 amide bonds. The lowest BCUT2D eigenvalue weighted by Crippen LogP contribution is -2.24. The number of benzene rings is 2. The molecule has 1 N–H and O–H groups in total. The molecule has 0 aliphatic rings. The van der Waals surface area contributed by atoms with Gasteiger partial charge in [-0.1, -0.05) is 18.2 Å². The summed E-state index contributed by atoms with van der Waals surface area (Å²) in [5.41, 5.74) is 3.95. The predicted octanol–water partition coefficient (Wildman–Crippen LogP) is 4.52. The highest BCUT2D eigenvalue weighted by atomic mass is 16.5. The quantitative estimate of drug-likeness (QED) is 0.546. The molecule has 3 aromatic rings. The standard InChI is InChI=1S/C24H26N2O3/c1-28-22-11-10-21(17-23(22)29-2)19-6-8-20(9-7-19)24(27)26-14-4-3-5-18-12-15-25-16-13-18/h6-13,15-17H,3-5,14H2,1-2H3,(H,26,27). The summed E-state index contributed by atoms with van der Waals surface area (Å²) in [4.78, 5) is 16.4. The number of aryl methyl sites for hydroxylation is 1. The molecule has 29 heavy (non-hydrogen) atoms. The fourth-order valence-corrected chi connectivity index (χ4v) is 3.14. The molecule has 0 radical (unpaired) electrons. The van der Waals surface area contributed by atoms with Crippen molar-refractivity contribution in [2.45, 2.75) is 19.3 Å². The van der Waals surface area contributed by atoms with Gasteiger partial charge in [0.25, 0.3) is 5.91 Å². The van der Waals surface area contributed by atoms with E-state index in [1.807, 2.05) is 67.0 Å². The number of methoxy groups -OCH3 is 2. The van der Waals surface area contributed by atoms with Gasteiger partial charge in [-0.15, -0.1) is 0 Å². The van der Waals surface area contributed by atoms with Gasteiger partial charge in [-0.05, 0) is 72.4 Å². The van der Waals surface area contributed by atoms with Gasteiger partial charge in [-0.2, -0.15) is 0 Å². The van der Waals surface area contributed by atoms with Gasteiger partial charge in [0.15, 0.2) is 11.5 Å². The van der Waals surface area contributed by atoms with Gasteiger partial charge in [0, 0.05) is 24.5 Å². The molecule has 0 bridgehead atoms. The molecule has 1 aromatic heterocycles. The van der Waals surface area contributed by atoms with Crippen molar-refractivity contribution in [1.29, 1.82) is 0 Å². The Morgan fingerprint density at radius 3 is 2.24 bits per heavy atom. The molecule has 5 nitrogen and oxygen atoms in total. The van der Waals surface area contributed by atoms with Gasteiger partial charge in [0.1, 0.15) is 0 Å². The van der Waals surface area contributed by atoms with E-state index in [2.05, 4.69) is 10.3 Å². The lowest BCUT2D eigenvalue weighted by molar-refractivity contribution is 0.0953. The Morgan fingerprint density at radius 2 is 1.55 bits per heavy atom. The number of hydrogen-bond acceptors (Lipinski definition) is 4. The summed E-state index contributed by atoms with van der Waals surface area (Å²) in [6.45, 7) is 0.668. The van der Waals surface area contributed by atoms with Crippen molar-refractivity contribution in [3.63, 3.8) is 0 Å². The molecule has 0 atom stereocenters. The van der Waals surface area contributed by atoms with E-state index in [0.29, 0.717) is 23.6 Å². The monoisotopic (exact) mass is 390 g/mol. The number of nitrogens with one attached hydrogen (secondary N) is 1. The molecular weight excluding hydrogens is 364 g/mol. The smallest absolute Gasteiger partial charge is 0.251 e. The maximum absolute atomic E-state index is 12.4. The Kier molecular flexibility index (Phi) is 7.22. The van der Waals surface area contributed by atoms with Gasteiger partial charge in [0.05, 0.1) is 14.2 Å². The molecule has 0 aliphatic carbocycles. The van der Waals surface area contributed by atoms with Crippen LogP contribution in [-0.4, -0.2) is 31.7 Å². The number of nitrogens with zero attached hydrogens (tertiary/aromatic N) is 1. The maximum atomic E-state index is 12.4. The Hall–Kier alpha value is -3.34. The highest BCUT2D eigenvalue weighted by molar-refractivity contribution is 5.94. The van der Waals surface area contributed by atoms with Crippen LogP contribution in [0, 0.1) is 0 Å². The van der Waals surface area contributed by atoms with Crippen molar-refractivity contribution >= 4 is 5.91 Å². The van der Waals surface area contributed by atoms with Gasteiger partial charge in [-0.25, -0.2) is 0 Å². The third-order valence-corrected chi connectivity index (χ3v) is 4.79. The number of carbonyl (C=O) groups excluding carboxylic acids is 1. The molecular formula is C24H26N2O3. The predicted molar refractivity (Wildman–Crippen MR) is 114 cm³/mol. The first kappa shape index (κ1) is 20.4. The molecule has 0 saturated carbocycles. The van der Waals surface area contributed by atoms with Gasteiger partial charge in [0.2, 0.25) is 0 Å². The lowest BCUT2D eigenvalue weighted by Gasteiger charge is -2.10. The van der Waals surface area contributed by atoms with E-state index in [4.69, 9.17) is 9.47 Å². The average Bonchev–Trinajstić information content (AvgIpc) is 2.79. The van der Waals surface area contributed by atoms with Crippen molar-refractivity contribution < 1.29 is 14.3 Å². The number of aromatic nitrogens is 1. The summed E-state index contributed by atoms with van der Waals surface area (Å²) in [6.07, 6.45) is 6.59. The molecule has 2 aromatic carbocycles. The average molecular weight is 390 g/mol. The van der Waals surface area contributed by atoms with Gasteiger partial charge >= 0.3 is 0 Å². The number of pyridine rings is 1. The highest BCUT2D eigenvalue weighted by Gasteiger charge is 2.08. The normalized spacial score (nSPS) is 10.4. The minimum Gasteiger partial charge on any atom is -0.493 e. The summed E-state index contributed by atoms with van der Waals surface area (Å²) >= 11 is 0. The van der Waals surface area contributed by atoms with Gasteiger partial charge < -0.3 is 14.8 Å². The summed E-state index contributed by atoms with van der Waals surface area (Å²) in [6, 6.07) is 17.4. The van der Waals surface area contributed by atoms with Crippen LogP contribution in [0.1, 0.15) is 28.8 Å². The zero-order chi connectivity index (χ0) is 20.5. The summed E-state index contributed by atoms with van der Waals surface area (Å²) in [5.74, 6) is 1.32. The molecule has 150 valence electrons. The van der Waals surface area contributed by atoms with Crippen LogP contribution in [0.4, 0.5) is 0 Å². The van der Waals surface area contributed by atoms with Crippen molar-refractivity contribution in [1.82, 2.24) is 10.3 Å². The van der Waals surface area contributed by atoms with Crippen LogP contribution in [0.15, 0.2) is 67.0 Å². The first-order valence-corrected chi connectivity index (χ1v) is 9.71. The van der Waals surface area contributed by atoms with Crippen LogP contribution in [0.25, 0.3) is 11.1 Å². The number of carbonyl (C=O) groups is 1. The fraction of sp³-hybridized carbons (Fsp3) is 0.250. The molecule has 3 rings (SSSR count). The summed E-state index contributed by atoms with van der Waals surface area (Å²) < 4.78 is 10.6. The third kappa shape index (κ3) is 5.57. The second kappa shape index (κ2) is 10.3. The van der Waals surface area contributed by atoms with E-state index in [1.54, 1.807) is 14.2 Å². The summed E-state index contributed by atoms with van der Waals surface area (Å²) in [7, 11) is 3.23. The SMILES string of the molecule is COc1ccc(-c2ccc(C(=O)NCCCCc3ccncc3)cc2)cc1OC. The molecule has 0 spiro atoms. The van der Waals surface area contributed by atoms with Crippen LogP contribution >= 0.6 is 0 Å². The molecule has 0 fully saturated rings. The van der Waals surface area contributed by atoms with Crippen molar-refractivity contribution in [2.24, 2.45) is 0 Å². The molecule has 1 heterocycles. The number of ether oxygens (including phenoxy) is 2. The number of unbranched alkanes of at least 4 members (excludes halogenated alkanes) is 1. The maximum Gasteiger partial charge on any atom is 0.251 e. The van der Waals surface area contributed by atoms with Gasteiger partial charge in [-0.3, -0.25) is 9.78 Å². The van der Waals surface area contributed by atoms with Crippen molar-refractivity contribution in [3.05, 3.63) is 78.1 Å². The summed E-state index contributed by atoms with van der Waals surface area (Å²) in [5, 5.41) is 2.99. The first-order valence-electron chi connectivity index (χ1n) is 9.71. The zero-order valence-electron chi connectivity index (χ0n) is 16.9. The largest absolute Gasteiger partial charge is 0.493 e. The molecule has 0 aliphatic heterocycles. The Balaban J connectivity index is 1.51. The third-order valence-electron chi connectivity index (χ3n) is 4.79. The van der Waals surface area contributed by atoms with Crippen LogP contribution in [0.2, 0.25) is 0 Å². The second-order valence-corrected chi connectivity index (χ2v) is 6.72. The van der Waals surface area contributed by atoms with E-state index in [1.165, 1.54) is 5.56 Å². The molecule has 5 heteroatoms. The molecule has 0 saturated heterocycles. The zero-order valence-corrected chi connectivity index (χ0v) is 16.9. The topological polar surface area (TPSA) is 60.5 Å². The van der Waals surface area contributed by atoms with Crippen LogP contribution in [0.3, 0.4) is 0 Å². The number of rotatable bonds is 9. The van der Waals surface area contributed by atoms with Crippen LogP contribution in [0.5, 0.6) is 11.5 Å². The van der Waals surface area contributed by atoms with E-state index < -0.39 is 0 Å². The van der Waals surface area contributed by atoms with E-state index in [0.717, 1.165) is 30.4 Å². The minimum atomic E-state index is -0.0484. The van der Waals surface area contributed by atoms with E-state index in [-0.39, 0.29) is 5.91 Å². The fourth-order valence-electron chi connectivity index (χ4n) is 3.14. The minimum absolute atomic E-state index is 0.0484. The van der Waals surface area contributed by atoms with E-state index in [9.17, 15) is 4.79 Å². The lowest BCUT2D eigenvalue weighted by atomic mass is 10.0. The Bertz CT molecular complexity index is 925. The number of hydrogen-bond donors (Lipinski definition) is 1. The van der Waals surface area contributed by atoms with Crippen molar-refractivity contribution in [3.8, 4) is 22.6 Å². The second-order valence-electron chi connectivity index (χ2n) is 6.72.